The summed E-state index contributed by atoms with van der Waals surface area (Å²) in [5.74, 6) is 0. The molecule has 4 nitrogen and oxygen atoms in total. The maximum atomic E-state index is 12.6. The van der Waals surface area contributed by atoms with Crippen LogP contribution in [0.1, 0.15) is 20.8 Å². The van der Waals surface area contributed by atoms with Gasteiger partial charge in [-0.1, -0.05) is 30.3 Å². The fourth-order valence-corrected chi connectivity index (χ4v) is 2.23. The van der Waals surface area contributed by atoms with Crippen molar-refractivity contribution in [2.24, 2.45) is 0 Å². The van der Waals surface area contributed by atoms with Gasteiger partial charge in [0.25, 0.3) is 0 Å². The van der Waals surface area contributed by atoms with Crippen LogP contribution in [0.15, 0.2) is 49.1 Å². The Hall–Kier alpha value is -2.04. The Bertz CT molecular complexity index is 652. The molecule has 112 valence electrons. The SMILES string of the molecule is C=CC(C)(C)N([O-])c1ccc(N([O-])CC)c2ccccc12. The van der Waals surface area contributed by atoms with E-state index in [0.29, 0.717) is 17.9 Å². The number of fused-ring (bicyclic) bond motifs is 1. The number of hydrogen-bond acceptors (Lipinski definition) is 4. The Labute approximate surface area is 125 Å². The molecule has 0 saturated heterocycles. The summed E-state index contributed by atoms with van der Waals surface area (Å²) in [4.78, 5) is 0. The van der Waals surface area contributed by atoms with Crippen LogP contribution in [0.4, 0.5) is 11.4 Å². The van der Waals surface area contributed by atoms with Crippen molar-refractivity contribution in [1.29, 1.82) is 0 Å². The van der Waals surface area contributed by atoms with Crippen LogP contribution >= 0.6 is 0 Å². The van der Waals surface area contributed by atoms with E-state index in [-0.39, 0.29) is 0 Å². The van der Waals surface area contributed by atoms with Crippen molar-refractivity contribution in [2.45, 2.75) is 26.3 Å². The van der Waals surface area contributed by atoms with E-state index in [2.05, 4.69) is 6.58 Å². The third-order valence-corrected chi connectivity index (χ3v) is 3.68. The molecule has 2 aromatic carbocycles. The summed E-state index contributed by atoms with van der Waals surface area (Å²) in [6.07, 6.45) is 1.62. The number of anilines is 2. The lowest BCUT2D eigenvalue weighted by Crippen LogP contribution is -2.37. The van der Waals surface area contributed by atoms with Crippen LogP contribution in [0.5, 0.6) is 0 Å². The Morgan fingerprint density at radius 1 is 1.05 bits per heavy atom. The molecule has 0 aliphatic carbocycles. The summed E-state index contributed by atoms with van der Waals surface area (Å²) in [6.45, 7) is 9.50. The molecule has 0 fully saturated rings. The van der Waals surface area contributed by atoms with Crippen molar-refractivity contribution in [3.05, 3.63) is 59.5 Å². The summed E-state index contributed by atoms with van der Waals surface area (Å²) >= 11 is 0. The lowest BCUT2D eigenvalue weighted by Gasteiger charge is -2.45. The van der Waals surface area contributed by atoms with Crippen molar-refractivity contribution < 1.29 is 0 Å². The van der Waals surface area contributed by atoms with Gasteiger partial charge >= 0.3 is 0 Å². The summed E-state index contributed by atoms with van der Waals surface area (Å²) < 4.78 is 0. The van der Waals surface area contributed by atoms with E-state index in [1.54, 1.807) is 25.1 Å². The minimum absolute atomic E-state index is 0.364. The van der Waals surface area contributed by atoms with Gasteiger partial charge in [-0.15, -0.1) is 6.58 Å². The lowest BCUT2D eigenvalue weighted by atomic mass is 10.0. The highest BCUT2D eigenvalue weighted by molar-refractivity contribution is 6.02. The molecule has 0 bridgehead atoms. The minimum atomic E-state index is -0.716. The Morgan fingerprint density at radius 2 is 1.57 bits per heavy atom. The Kier molecular flexibility index (Phi) is 4.21. The van der Waals surface area contributed by atoms with Gasteiger partial charge in [-0.05, 0) is 32.9 Å². The standard InChI is InChI=1S/C17H20N2O2/c1-5-17(3,4)19(21)16-12-11-15(18(20)6-2)13-9-7-8-10-14(13)16/h5,7-12H,1,6H2,2-4H3/q-2. The monoisotopic (exact) mass is 284 g/mol. The molecule has 0 N–H and O–H groups in total. The van der Waals surface area contributed by atoms with Crippen molar-refractivity contribution >= 4 is 22.1 Å². The number of hydroxylamine groups is 2. The van der Waals surface area contributed by atoms with Crippen molar-refractivity contribution in [1.82, 2.24) is 0 Å². The molecule has 0 radical (unpaired) electrons. The predicted octanol–water partition coefficient (Wildman–Crippen LogP) is 4.43. The second-order valence-electron chi connectivity index (χ2n) is 5.50. The molecule has 0 aromatic heterocycles. The molecule has 0 unspecified atom stereocenters. The minimum Gasteiger partial charge on any atom is -0.758 e. The van der Waals surface area contributed by atoms with E-state index >= 15 is 0 Å². The average Bonchev–Trinajstić information content (AvgIpc) is 2.52. The molecule has 0 heterocycles. The highest BCUT2D eigenvalue weighted by Crippen LogP contribution is 2.36. The normalized spacial score (nSPS) is 11.5. The van der Waals surface area contributed by atoms with Crippen molar-refractivity contribution in [3.63, 3.8) is 0 Å². The third kappa shape index (κ3) is 2.73. The largest absolute Gasteiger partial charge is 0.758 e. The average molecular weight is 284 g/mol. The Balaban J connectivity index is 2.66. The number of hydrogen-bond donors (Lipinski definition) is 0. The highest BCUT2D eigenvalue weighted by Gasteiger charge is 2.18. The van der Waals surface area contributed by atoms with Gasteiger partial charge in [0.1, 0.15) is 0 Å². The molecule has 0 saturated carbocycles. The summed E-state index contributed by atoms with van der Waals surface area (Å²) in [7, 11) is 0. The first-order chi connectivity index (χ1) is 9.92. The molecule has 0 aliphatic heterocycles. The molecular formula is C17H20N2O2-2. The van der Waals surface area contributed by atoms with Crippen LogP contribution in [0.2, 0.25) is 0 Å². The van der Waals surface area contributed by atoms with Gasteiger partial charge in [-0.3, -0.25) is 0 Å². The van der Waals surface area contributed by atoms with Gasteiger partial charge in [0, 0.05) is 34.2 Å². The maximum Gasteiger partial charge on any atom is 0.0415 e. The zero-order valence-electron chi connectivity index (χ0n) is 12.7. The van der Waals surface area contributed by atoms with Gasteiger partial charge in [0.05, 0.1) is 0 Å². The van der Waals surface area contributed by atoms with Gasteiger partial charge in [-0.2, -0.15) is 0 Å². The van der Waals surface area contributed by atoms with Crippen LogP contribution in [-0.2, 0) is 0 Å². The van der Waals surface area contributed by atoms with Crippen LogP contribution < -0.4 is 10.1 Å². The number of rotatable bonds is 5. The second-order valence-corrected chi connectivity index (χ2v) is 5.50. The molecular weight excluding hydrogens is 264 g/mol. The molecule has 0 atom stereocenters. The predicted molar refractivity (Wildman–Crippen MR) is 90.5 cm³/mol. The van der Waals surface area contributed by atoms with Crippen LogP contribution in [0.25, 0.3) is 10.8 Å². The van der Waals surface area contributed by atoms with Crippen LogP contribution in [-0.4, -0.2) is 12.1 Å². The molecule has 2 aromatic rings. The van der Waals surface area contributed by atoms with Gasteiger partial charge in [0.2, 0.25) is 0 Å². The van der Waals surface area contributed by atoms with E-state index in [1.807, 2.05) is 38.1 Å². The first-order valence-corrected chi connectivity index (χ1v) is 6.99. The van der Waals surface area contributed by atoms with E-state index in [0.717, 1.165) is 20.9 Å². The first-order valence-electron chi connectivity index (χ1n) is 6.99. The van der Waals surface area contributed by atoms with Crippen molar-refractivity contribution in [2.75, 3.05) is 16.7 Å². The van der Waals surface area contributed by atoms with E-state index in [4.69, 9.17) is 0 Å². The number of nitrogens with zero attached hydrogens (tertiary/aromatic N) is 2. The fraction of sp³-hybridized carbons (Fsp3) is 0.294. The van der Waals surface area contributed by atoms with E-state index < -0.39 is 5.54 Å². The number of benzene rings is 2. The Morgan fingerprint density at radius 3 is 2.10 bits per heavy atom. The molecule has 4 heteroatoms. The zero-order chi connectivity index (χ0) is 15.6. The summed E-state index contributed by atoms with van der Waals surface area (Å²) in [5.41, 5.74) is 0.414. The van der Waals surface area contributed by atoms with Crippen molar-refractivity contribution in [3.8, 4) is 0 Å². The maximum absolute atomic E-state index is 12.6. The lowest BCUT2D eigenvalue weighted by molar-refractivity contribution is 0.627. The summed E-state index contributed by atoms with van der Waals surface area (Å²) in [6, 6.07) is 10.9. The molecule has 0 amide bonds. The quantitative estimate of drug-likeness (QED) is 0.602. The zero-order valence-corrected chi connectivity index (χ0v) is 12.7. The second kappa shape index (κ2) is 5.76. The molecule has 0 aliphatic rings. The van der Waals surface area contributed by atoms with Gasteiger partial charge in [-0.25, -0.2) is 0 Å². The molecule has 2 rings (SSSR count). The smallest absolute Gasteiger partial charge is 0.0415 e. The fourth-order valence-electron chi connectivity index (χ4n) is 2.23. The van der Waals surface area contributed by atoms with E-state index in [1.165, 1.54) is 0 Å². The van der Waals surface area contributed by atoms with Gasteiger partial charge < -0.3 is 20.5 Å². The van der Waals surface area contributed by atoms with Gasteiger partial charge in [0.15, 0.2) is 0 Å². The molecule has 21 heavy (non-hydrogen) atoms. The first kappa shape index (κ1) is 15.4. The van der Waals surface area contributed by atoms with Crippen LogP contribution in [0.3, 0.4) is 0 Å². The highest BCUT2D eigenvalue weighted by atomic mass is 16.5. The third-order valence-electron chi connectivity index (χ3n) is 3.68. The summed E-state index contributed by atoms with van der Waals surface area (Å²) in [5, 5.41) is 28.0. The molecule has 0 spiro atoms. The topological polar surface area (TPSA) is 52.6 Å². The van der Waals surface area contributed by atoms with E-state index in [9.17, 15) is 10.4 Å². The van der Waals surface area contributed by atoms with Crippen LogP contribution in [0, 0.1) is 10.4 Å².